The van der Waals surface area contributed by atoms with Gasteiger partial charge in [0, 0.05) is 16.9 Å². The van der Waals surface area contributed by atoms with Gasteiger partial charge in [0.25, 0.3) is 0 Å². The number of halogens is 3. The number of allylic oxidation sites excluding steroid dienone is 1. The van der Waals surface area contributed by atoms with Crippen LogP contribution in [0.2, 0.25) is 0 Å². The molecule has 158 valence electrons. The standard InChI is InChI=1S/C26H33F3/c1-3-5-6-8-19-11-15-22-21(17-19)14-16-23(25(22)28)26(29)24(27)20-12-9-18(7-4-2)10-13-20/h11,14-18,20H,3-10,12-13H2,1-2H3. The molecule has 0 unspecified atom stereocenters. The van der Waals surface area contributed by atoms with Crippen LogP contribution in [0.5, 0.6) is 0 Å². The lowest BCUT2D eigenvalue weighted by Gasteiger charge is -2.27. The van der Waals surface area contributed by atoms with Crippen LogP contribution in [0.25, 0.3) is 16.6 Å². The summed E-state index contributed by atoms with van der Waals surface area (Å²) in [5.41, 5.74) is 0.911. The lowest BCUT2D eigenvalue weighted by Crippen LogP contribution is -2.15. The maximum absolute atomic E-state index is 15.0. The second-order valence-electron chi connectivity index (χ2n) is 8.61. The van der Waals surface area contributed by atoms with Gasteiger partial charge < -0.3 is 0 Å². The van der Waals surface area contributed by atoms with Crippen LogP contribution in [0.4, 0.5) is 13.2 Å². The Bertz CT molecular complexity index is 844. The highest BCUT2D eigenvalue weighted by Gasteiger charge is 2.27. The Morgan fingerprint density at radius 2 is 1.69 bits per heavy atom. The van der Waals surface area contributed by atoms with Gasteiger partial charge in [-0.2, -0.15) is 0 Å². The molecule has 3 rings (SSSR count). The van der Waals surface area contributed by atoms with E-state index in [2.05, 4.69) is 13.8 Å². The van der Waals surface area contributed by atoms with E-state index in [4.69, 9.17) is 0 Å². The molecule has 0 aliphatic heterocycles. The van der Waals surface area contributed by atoms with Crippen molar-refractivity contribution >= 4 is 16.6 Å². The van der Waals surface area contributed by atoms with Gasteiger partial charge in [-0.25, -0.2) is 13.2 Å². The fourth-order valence-electron chi connectivity index (χ4n) is 4.67. The maximum atomic E-state index is 15.0. The Balaban J connectivity index is 1.80. The van der Waals surface area contributed by atoms with Crippen LogP contribution in [-0.4, -0.2) is 0 Å². The fourth-order valence-corrected chi connectivity index (χ4v) is 4.67. The van der Waals surface area contributed by atoms with E-state index in [0.717, 1.165) is 55.9 Å². The van der Waals surface area contributed by atoms with E-state index in [9.17, 15) is 8.78 Å². The number of hydrogen-bond acceptors (Lipinski definition) is 0. The molecule has 1 aliphatic carbocycles. The van der Waals surface area contributed by atoms with E-state index >= 15 is 4.39 Å². The van der Waals surface area contributed by atoms with Crippen molar-refractivity contribution in [1.29, 1.82) is 0 Å². The smallest absolute Gasteiger partial charge is 0.165 e. The highest BCUT2D eigenvalue weighted by atomic mass is 19.2. The zero-order valence-corrected chi connectivity index (χ0v) is 17.7. The number of fused-ring (bicyclic) bond motifs is 1. The minimum absolute atomic E-state index is 0.246. The summed E-state index contributed by atoms with van der Waals surface area (Å²) in [5.74, 6) is -2.24. The van der Waals surface area contributed by atoms with Crippen molar-refractivity contribution in [3.05, 3.63) is 53.1 Å². The zero-order valence-electron chi connectivity index (χ0n) is 17.7. The molecule has 0 spiro atoms. The van der Waals surface area contributed by atoms with Crippen LogP contribution in [0.15, 0.2) is 36.2 Å². The van der Waals surface area contributed by atoms with E-state index in [1.807, 2.05) is 12.1 Å². The molecule has 0 amide bonds. The molecule has 0 atom stereocenters. The van der Waals surface area contributed by atoms with Crippen molar-refractivity contribution in [2.24, 2.45) is 11.8 Å². The van der Waals surface area contributed by atoms with Crippen LogP contribution in [-0.2, 0) is 6.42 Å². The molecule has 1 saturated carbocycles. The highest BCUT2D eigenvalue weighted by molar-refractivity contribution is 5.87. The van der Waals surface area contributed by atoms with Crippen molar-refractivity contribution in [3.63, 3.8) is 0 Å². The largest absolute Gasteiger partial charge is 0.208 e. The number of benzene rings is 2. The molecular weight excluding hydrogens is 369 g/mol. The van der Waals surface area contributed by atoms with E-state index in [-0.39, 0.29) is 5.56 Å². The molecule has 0 bridgehead atoms. The van der Waals surface area contributed by atoms with Crippen molar-refractivity contribution in [2.75, 3.05) is 0 Å². The summed E-state index contributed by atoms with van der Waals surface area (Å²) in [7, 11) is 0. The van der Waals surface area contributed by atoms with Gasteiger partial charge in [0.2, 0.25) is 0 Å². The van der Waals surface area contributed by atoms with Crippen molar-refractivity contribution in [1.82, 2.24) is 0 Å². The van der Waals surface area contributed by atoms with Crippen LogP contribution in [0.3, 0.4) is 0 Å². The molecule has 29 heavy (non-hydrogen) atoms. The molecule has 2 aromatic rings. The number of hydrogen-bond donors (Lipinski definition) is 0. The van der Waals surface area contributed by atoms with Crippen molar-refractivity contribution in [2.45, 2.75) is 78.1 Å². The zero-order chi connectivity index (χ0) is 20.8. The van der Waals surface area contributed by atoms with E-state index < -0.39 is 23.4 Å². The summed E-state index contributed by atoms with van der Waals surface area (Å²) < 4.78 is 44.7. The summed E-state index contributed by atoms with van der Waals surface area (Å²) in [4.78, 5) is 0. The Labute approximate surface area is 173 Å². The van der Waals surface area contributed by atoms with Gasteiger partial charge in [0.1, 0.15) is 11.6 Å². The first-order valence-electron chi connectivity index (χ1n) is 11.3. The number of rotatable bonds is 8. The predicted molar refractivity (Wildman–Crippen MR) is 117 cm³/mol. The molecular formula is C26H33F3. The average molecular weight is 403 g/mol. The Hall–Kier alpha value is -1.77. The molecule has 0 heterocycles. The average Bonchev–Trinajstić information content (AvgIpc) is 2.74. The lowest BCUT2D eigenvalue weighted by atomic mass is 9.79. The van der Waals surface area contributed by atoms with E-state index in [0.29, 0.717) is 24.1 Å². The quantitative estimate of drug-likeness (QED) is 0.387. The first-order valence-corrected chi connectivity index (χ1v) is 11.3. The third kappa shape index (κ3) is 5.24. The van der Waals surface area contributed by atoms with Gasteiger partial charge in [-0.3, -0.25) is 0 Å². The molecule has 1 fully saturated rings. The van der Waals surface area contributed by atoms with Gasteiger partial charge in [-0.15, -0.1) is 0 Å². The summed E-state index contributed by atoms with van der Waals surface area (Å²) in [6.45, 7) is 4.32. The highest BCUT2D eigenvalue weighted by Crippen LogP contribution is 2.40. The van der Waals surface area contributed by atoms with E-state index in [1.54, 1.807) is 12.1 Å². The van der Waals surface area contributed by atoms with Gasteiger partial charge in [0.15, 0.2) is 5.83 Å². The monoisotopic (exact) mass is 402 g/mol. The number of unbranched alkanes of at least 4 members (excludes halogenated alkanes) is 2. The van der Waals surface area contributed by atoms with E-state index in [1.165, 1.54) is 12.5 Å². The molecule has 0 nitrogen and oxygen atoms in total. The molecule has 1 aliphatic rings. The van der Waals surface area contributed by atoms with Crippen molar-refractivity contribution in [3.8, 4) is 0 Å². The van der Waals surface area contributed by atoms with Gasteiger partial charge in [0.05, 0.1) is 0 Å². The fraction of sp³-hybridized carbons (Fsp3) is 0.538. The van der Waals surface area contributed by atoms with Crippen LogP contribution in [0.1, 0.15) is 82.8 Å². The van der Waals surface area contributed by atoms with Gasteiger partial charge in [-0.05, 0) is 61.5 Å². The lowest BCUT2D eigenvalue weighted by molar-refractivity contribution is 0.261. The van der Waals surface area contributed by atoms with Crippen LogP contribution in [0, 0.1) is 17.7 Å². The molecule has 0 radical (unpaired) electrons. The first kappa shape index (κ1) is 21.9. The molecule has 3 heteroatoms. The van der Waals surface area contributed by atoms with Crippen LogP contribution < -0.4 is 0 Å². The van der Waals surface area contributed by atoms with Crippen LogP contribution >= 0.6 is 0 Å². The number of aryl methyl sites for hydroxylation is 1. The minimum atomic E-state index is -1.02. The second kappa shape index (κ2) is 10.3. The minimum Gasteiger partial charge on any atom is -0.208 e. The molecule has 0 aromatic heterocycles. The molecule has 0 N–H and O–H groups in total. The van der Waals surface area contributed by atoms with Gasteiger partial charge in [-0.1, -0.05) is 63.8 Å². The third-order valence-electron chi connectivity index (χ3n) is 6.44. The Morgan fingerprint density at radius 3 is 2.38 bits per heavy atom. The van der Waals surface area contributed by atoms with Crippen molar-refractivity contribution < 1.29 is 13.2 Å². The second-order valence-corrected chi connectivity index (χ2v) is 8.61. The SMILES string of the molecule is CCCCCc1ccc2c(F)c(C(F)=C(F)C3CCC(CCC)CC3)ccc2c1. The topological polar surface area (TPSA) is 0 Å². The molecule has 0 saturated heterocycles. The maximum Gasteiger partial charge on any atom is 0.165 e. The third-order valence-corrected chi connectivity index (χ3v) is 6.44. The first-order chi connectivity index (χ1) is 14.0. The molecule has 2 aromatic carbocycles. The summed E-state index contributed by atoms with van der Waals surface area (Å²) in [6.07, 6.45) is 9.83. The van der Waals surface area contributed by atoms with Gasteiger partial charge >= 0.3 is 0 Å². The summed E-state index contributed by atoms with van der Waals surface area (Å²) in [6, 6.07) is 8.67. The Kier molecular flexibility index (Phi) is 7.80. The predicted octanol–water partition coefficient (Wildman–Crippen LogP) is 8.93. The summed E-state index contributed by atoms with van der Waals surface area (Å²) in [5, 5.41) is 1.10. The normalized spacial score (nSPS) is 20.7. The Morgan fingerprint density at radius 1 is 0.931 bits per heavy atom. The summed E-state index contributed by atoms with van der Waals surface area (Å²) >= 11 is 0.